The Hall–Kier alpha value is -2.63. The molecule has 6 heteroatoms. The second-order valence-corrected chi connectivity index (χ2v) is 6.79. The van der Waals surface area contributed by atoms with Crippen LogP contribution in [0.1, 0.15) is 25.6 Å². The minimum atomic E-state index is -0.301. The Morgan fingerprint density at radius 2 is 1.69 bits per heavy atom. The molecule has 0 radical (unpaired) electrons. The fourth-order valence-corrected chi connectivity index (χ4v) is 3.18. The maximum atomic E-state index is 12.6. The van der Waals surface area contributed by atoms with Crippen molar-refractivity contribution in [3.8, 4) is 5.75 Å². The monoisotopic (exact) mass is 385 g/mol. The van der Waals surface area contributed by atoms with Crippen LogP contribution in [0, 0.1) is 0 Å². The Balaban J connectivity index is 1.59. The van der Waals surface area contributed by atoms with Crippen molar-refractivity contribution in [3.05, 3.63) is 87.1 Å². The van der Waals surface area contributed by atoms with Crippen LogP contribution in [0.4, 0.5) is 0 Å². The lowest BCUT2D eigenvalue weighted by Gasteiger charge is -2.10. The quantitative estimate of drug-likeness (QED) is 0.483. The van der Waals surface area contributed by atoms with E-state index in [1.807, 2.05) is 11.4 Å². The molecule has 0 saturated carbocycles. The highest BCUT2D eigenvalue weighted by Crippen LogP contribution is 2.18. The largest absolute Gasteiger partial charge is 0.492 e. The second-order valence-electron chi connectivity index (χ2n) is 5.41. The Morgan fingerprint density at radius 3 is 2.38 bits per heavy atom. The van der Waals surface area contributed by atoms with Crippen LogP contribution in [0.2, 0.25) is 5.02 Å². The number of hydrogen-bond donors (Lipinski definition) is 1. The number of ketones is 1. The Kier molecular flexibility index (Phi) is 6.04. The summed E-state index contributed by atoms with van der Waals surface area (Å²) in [5.41, 5.74) is 0.753. The highest BCUT2D eigenvalue weighted by molar-refractivity contribution is 7.12. The van der Waals surface area contributed by atoms with Crippen LogP contribution in [0.5, 0.6) is 5.75 Å². The minimum absolute atomic E-state index is 0.150. The Bertz CT molecular complexity index is 892. The van der Waals surface area contributed by atoms with Crippen molar-refractivity contribution in [2.24, 2.45) is 0 Å². The summed E-state index contributed by atoms with van der Waals surface area (Å²) in [7, 11) is 0. The van der Waals surface area contributed by atoms with Gasteiger partial charge in [0.25, 0.3) is 5.91 Å². The first-order valence-electron chi connectivity index (χ1n) is 7.99. The summed E-state index contributed by atoms with van der Waals surface area (Å²) < 4.78 is 5.55. The lowest BCUT2D eigenvalue weighted by molar-refractivity contribution is 0.0936. The van der Waals surface area contributed by atoms with Gasteiger partial charge >= 0.3 is 0 Å². The fourth-order valence-electron chi connectivity index (χ4n) is 2.38. The summed E-state index contributed by atoms with van der Waals surface area (Å²) in [6.07, 6.45) is 0. The first kappa shape index (κ1) is 18.2. The molecule has 4 nitrogen and oxygen atoms in total. The molecular formula is C20H16ClNO3S. The molecule has 1 heterocycles. The zero-order valence-electron chi connectivity index (χ0n) is 13.8. The zero-order chi connectivity index (χ0) is 18.4. The molecule has 0 aliphatic heterocycles. The predicted molar refractivity (Wildman–Crippen MR) is 103 cm³/mol. The molecule has 1 amide bonds. The van der Waals surface area contributed by atoms with Crippen LogP contribution in [0.3, 0.4) is 0 Å². The zero-order valence-corrected chi connectivity index (χ0v) is 15.3. The van der Waals surface area contributed by atoms with E-state index in [2.05, 4.69) is 5.32 Å². The van der Waals surface area contributed by atoms with Gasteiger partial charge in [-0.1, -0.05) is 35.9 Å². The van der Waals surface area contributed by atoms with Gasteiger partial charge in [-0.05, 0) is 41.8 Å². The molecule has 0 fully saturated rings. The molecule has 3 aromatic rings. The topological polar surface area (TPSA) is 55.4 Å². The lowest BCUT2D eigenvalue weighted by Crippen LogP contribution is -2.29. The molecule has 0 spiro atoms. The van der Waals surface area contributed by atoms with Gasteiger partial charge in [-0.15, -0.1) is 11.3 Å². The SMILES string of the molecule is O=C(NCCOc1ccc(Cl)cc1)c1ccccc1C(=O)c1cccs1. The summed E-state index contributed by atoms with van der Waals surface area (Å²) in [6.45, 7) is 0.636. The third kappa shape index (κ3) is 4.50. The molecule has 0 saturated heterocycles. The van der Waals surface area contributed by atoms with E-state index in [0.29, 0.717) is 39.9 Å². The van der Waals surface area contributed by atoms with E-state index in [1.165, 1.54) is 11.3 Å². The maximum absolute atomic E-state index is 12.6. The van der Waals surface area contributed by atoms with Crippen LogP contribution < -0.4 is 10.1 Å². The number of hydrogen-bond acceptors (Lipinski definition) is 4. The molecule has 0 aliphatic carbocycles. The van der Waals surface area contributed by atoms with Gasteiger partial charge in [0.05, 0.1) is 17.0 Å². The van der Waals surface area contributed by atoms with E-state index >= 15 is 0 Å². The first-order chi connectivity index (χ1) is 12.6. The highest BCUT2D eigenvalue weighted by Gasteiger charge is 2.18. The molecule has 0 aliphatic rings. The second kappa shape index (κ2) is 8.65. The molecule has 3 rings (SSSR count). The molecule has 132 valence electrons. The third-order valence-corrected chi connectivity index (χ3v) is 4.75. The van der Waals surface area contributed by atoms with Crippen LogP contribution in [-0.2, 0) is 0 Å². The number of rotatable bonds is 7. The normalized spacial score (nSPS) is 10.3. The summed E-state index contributed by atoms with van der Waals surface area (Å²) in [4.78, 5) is 25.6. The molecule has 26 heavy (non-hydrogen) atoms. The molecule has 0 bridgehead atoms. The molecule has 1 aromatic heterocycles. The van der Waals surface area contributed by atoms with Gasteiger partial charge in [0.15, 0.2) is 0 Å². The lowest BCUT2D eigenvalue weighted by atomic mass is 10.0. The molecule has 0 atom stereocenters. The van der Waals surface area contributed by atoms with Gasteiger partial charge in [0.1, 0.15) is 12.4 Å². The van der Waals surface area contributed by atoms with E-state index in [-0.39, 0.29) is 11.7 Å². The van der Waals surface area contributed by atoms with Crippen LogP contribution in [-0.4, -0.2) is 24.8 Å². The van der Waals surface area contributed by atoms with Crippen molar-refractivity contribution in [2.75, 3.05) is 13.2 Å². The van der Waals surface area contributed by atoms with Gasteiger partial charge in [0, 0.05) is 10.6 Å². The number of benzene rings is 2. The smallest absolute Gasteiger partial charge is 0.252 e. The van der Waals surface area contributed by atoms with Gasteiger partial charge in [-0.25, -0.2) is 0 Å². The van der Waals surface area contributed by atoms with Gasteiger partial charge < -0.3 is 10.1 Å². The number of nitrogens with one attached hydrogen (secondary N) is 1. The standard InChI is InChI=1S/C20H16ClNO3S/c21-14-7-9-15(10-8-14)25-12-11-22-20(24)17-5-2-1-4-16(17)19(23)18-6-3-13-26-18/h1-10,13H,11-12H2,(H,22,24). The summed E-state index contributed by atoms with van der Waals surface area (Å²) in [5.74, 6) is 0.227. The van der Waals surface area contributed by atoms with Crippen LogP contribution >= 0.6 is 22.9 Å². The minimum Gasteiger partial charge on any atom is -0.492 e. The maximum Gasteiger partial charge on any atom is 0.252 e. The Morgan fingerprint density at radius 1 is 0.962 bits per heavy atom. The summed E-state index contributed by atoms with van der Waals surface area (Å²) in [5, 5.41) is 5.26. The van der Waals surface area contributed by atoms with Crippen molar-refractivity contribution in [3.63, 3.8) is 0 Å². The summed E-state index contributed by atoms with van der Waals surface area (Å²) >= 11 is 7.18. The van der Waals surface area contributed by atoms with Gasteiger partial charge in [0.2, 0.25) is 5.78 Å². The van der Waals surface area contributed by atoms with Crippen molar-refractivity contribution in [2.45, 2.75) is 0 Å². The Labute approximate surface area is 160 Å². The number of carbonyl (C=O) groups is 2. The summed E-state index contributed by atoms with van der Waals surface area (Å²) in [6, 6.07) is 17.4. The van der Waals surface area contributed by atoms with E-state index in [1.54, 1.807) is 54.6 Å². The highest BCUT2D eigenvalue weighted by atomic mass is 35.5. The van der Waals surface area contributed by atoms with E-state index in [9.17, 15) is 9.59 Å². The first-order valence-corrected chi connectivity index (χ1v) is 9.25. The van der Waals surface area contributed by atoms with Crippen molar-refractivity contribution >= 4 is 34.6 Å². The number of thiophene rings is 1. The molecular weight excluding hydrogens is 370 g/mol. The molecule has 1 N–H and O–H groups in total. The number of halogens is 1. The van der Waals surface area contributed by atoms with Gasteiger partial charge in [-0.3, -0.25) is 9.59 Å². The van der Waals surface area contributed by atoms with Gasteiger partial charge in [-0.2, -0.15) is 0 Å². The van der Waals surface area contributed by atoms with Crippen molar-refractivity contribution < 1.29 is 14.3 Å². The number of ether oxygens (including phenoxy) is 1. The average molecular weight is 386 g/mol. The van der Waals surface area contributed by atoms with Crippen molar-refractivity contribution in [1.82, 2.24) is 5.32 Å². The van der Waals surface area contributed by atoms with Crippen LogP contribution in [0.15, 0.2) is 66.0 Å². The molecule has 2 aromatic carbocycles. The van der Waals surface area contributed by atoms with Crippen LogP contribution in [0.25, 0.3) is 0 Å². The number of carbonyl (C=O) groups excluding carboxylic acids is 2. The molecule has 0 unspecified atom stereocenters. The van der Waals surface area contributed by atoms with E-state index in [4.69, 9.17) is 16.3 Å². The fraction of sp³-hybridized carbons (Fsp3) is 0.100. The number of amides is 1. The average Bonchev–Trinajstić information content (AvgIpc) is 3.20. The van der Waals surface area contributed by atoms with Crippen molar-refractivity contribution in [1.29, 1.82) is 0 Å². The van der Waals surface area contributed by atoms with E-state index in [0.717, 1.165) is 0 Å². The van der Waals surface area contributed by atoms with E-state index < -0.39 is 0 Å². The third-order valence-electron chi connectivity index (χ3n) is 3.63. The predicted octanol–water partition coefficient (Wildman–Crippen LogP) is 4.44.